The zero-order chi connectivity index (χ0) is 27.0. The minimum Gasteiger partial charge on any atom is -0.497 e. The van der Waals surface area contributed by atoms with Gasteiger partial charge in [0.25, 0.3) is 0 Å². The summed E-state index contributed by atoms with van der Waals surface area (Å²) in [5.41, 5.74) is 5.97. The molecule has 0 aliphatic heterocycles. The van der Waals surface area contributed by atoms with Crippen molar-refractivity contribution < 1.29 is 9.53 Å². The van der Waals surface area contributed by atoms with E-state index in [2.05, 4.69) is 108 Å². The number of para-hydroxylation sites is 1. The second kappa shape index (κ2) is 12.5. The summed E-state index contributed by atoms with van der Waals surface area (Å²) in [7, 11) is 1.68. The molecule has 5 aromatic rings. The monoisotopic (exact) mass is 516 g/mol. The van der Waals surface area contributed by atoms with Crippen LogP contribution >= 0.6 is 0 Å². The third-order valence-electron chi connectivity index (χ3n) is 7.58. The number of amides is 1. The molecule has 1 atom stereocenters. The van der Waals surface area contributed by atoms with Gasteiger partial charge in [0.05, 0.1) is 7.11 Å². The van der Waals surface area contributed by atoms with Gasteiger partial charge in [-0.05, 0) is 53.8 Å². The maximum Gasteiger partial charge on any atom is 0.220 e. The fourth-order valence-electron chi connectivity index (χ4n) is 5.59. The van der Waals surface area contributed by atoms with Gasteiger partial charge in [-0.1, -0.05) is 91.0 Å². The zero-order valence-corrected chi connectivity index (χ0v) is 22.7. The number of ether oxygens (including phenoxy) is 1. The van der Waals surface area contributed by atoms with Crippen LogP contribution in [0.25, 0.3) is 10.9 Å². The fourth-order valence-corrected chi connectivity index (χ4v) is 5.59. The highest BCUT2D eigenvalue weighted by Gasteiger charge is 2.23. The number of benzene rings is 4. The number of aromatic nitrogens is 1. The Morgan fingerprint density at radius 1 is 0.795 bits per heavy atom. The average molecular weight is 517 g/mol. The van der Waals surface area contributed by atoms with Crippen LogP contribution in [-0.2, 0) is 11.3 Å². The van der Waals surface area contributed by atoms with Crippen LogP contribution in [0, 0.1) is 0 Å². The first-order valence-electron chi connectivity index (χ1n) is 13.8. The third kappa shape index (κ3) is 6.06. The largest absolute Gasteiger partial charge is 0.497 e. The lowest BCUT2D eigenvalue weighted by molar-refractivity contribution is -0.121. The lowest BCUT2D eigenvalue weighted by Crippen LogP contribution is -2.27. The molecule has 0 aliphatic rings. The number of methoxy groups -OCH3 is 1. The van der Waals surface area contributed by atoms with E-state index >= 15 is 0 Å². The van der Waals surface area contributed by atoms with Crippen LogP contribution < -0.4 is 10.1 Å². The van der Waals surface area contributed by atoms with E-state index in [0.717, 1.165) is 24.3 Å². The summed E-state index contributed by atoms with van der Waals surface area (Å²) in [6, 6.07) is 37.6. The molecular weight excluding hydrogens is 480 g/mol. The first-order chi connectivity index (χ1) is 19.2. The molecule has 1 N–H and O–H groups in total. The Morgan fingerprint density at radius 2 is 1.44 bits per heavy atom. The van der Waals surface area contributed by atoms with Crippen LogP contribution in [0.1, 0.15) is 53.9 Å². The topological polar surface area (TPSA) is 43.3 Å². The summed E-state index contributed by atoms with van der Waals surface area (Å²) >= 11 is 0. The molecule has 0 radical (unpaired) electrons. The molecule has 4 heteroatoms. The van der Waals surface area contributed by atoms with Gasteiger partial charge < -0.3 is 14.6 Å². The summed E-state index contributed by atoms with van der Waals surface area (Å²) in [6.07, 6.45) is 3.41. The number of rotatable bonds is 11. The van der Waals surface area contributed by atoms with Crippen molar-refractivity contribution in [1.29, 1.82) is 0 Å². The number of fused-ring (bicyclic) bond motifs is 1. The molecule has 0 aliphatic carbocycles. The summed E-state index contributed by atoms with van der Waals surface area (Å²) in [5.74, 6) is 0.989. The molecule has 4 nitrogen and oxygen atoms in total. The number of nitrogens with one attached hydrogen (secondary N) is 1. The Kier molecular flexibility index (Phi) is 8.42. The molecule has 0 fully saturated rings. The Labute approximate surface area is 231 Å². The molecule has 39 heavy (non-hydrogen) atoms. The highest BCUT2D eigenvalue weighted by Crippen LogP contribution is 2.36. The molecule has 0 spiro atoms. The van der Waals surface area contributed by atoms with Gasteiger partial charge in [0.15, 0.2) is 0 Å². The Hall–Kier alpha value is -4.31. The summed E-state index contributed by atoms with van der Waals surface area (Å²) < 4.78 is 7.79. The summed E-state index contributed by atoms with van der Waals surface area (Å²) in [6.45, 7) is 3.63. The van der Waals surface area contributed by atoms with E-state index in [9.17, 15) is 4.79 Å². The second-order valence-corrected chi connectivity index (χ2v) is 9.93. The summed E-state index contributed by atoms with van der Waals surface area (Å²) in [4.78, 5) is 13.5. The number of carbonyl (C=O) groups excluding carboxylic acids is 1. The van der Waals surface area contributed by atoms with Crippen molar-refractivity contribution in [3.05, 3.63) is 138 Å². The maximum atomic E-state index is 13.5. The zero-order valence-electron chi connectivity index (χ0n) is 22.7. The normalized spacial score (nSPS) is 12.0. The predicted molar refractivity (Wildman–Crippen MR) is 159 cm³/mol. The second-order valence-electron chi connectivity index (χ2n) is 9.93. The first-order valence-corrected chi connectivity index (χ1v) is 13.8. The van der Waals surface area contributed by atoms with Crippen LogP contribution in [0.2, 0.25) is 0 Å². The maximum absolute atomic E-state index is 13.5. The fraction of sp³-hybridized carbons (Fsp3) is 0.229. The smallest absolute Gasteiger partial charge is 0.220 e. The standard InChI is InChI=1S/C35H36N2O2/c1-3-37-25-33(31-19-10-11-20-34(31)37)32(28-17-12-18-29(23-28)39-2)24-35(38)36-22-21-30(26-13-6-4-7-14-26)27-15-8-5-9-16-27/h4-20,23,25,30,32H,3,21-22,24H2,1-2H3,(H,36,38). The quantitative estimate of drug-likeness (QED) is 0.197. The molecule has 1 heterocycles. The minimum atomic E-state index is -0.0863. The average Bonchev–Trinajstić information content (AvgIpc) is 3.37. The predicted octanol–water partition coefficient (Wildman–Crippen LogP) is 7.53. The Bertz CT molecular complexity index is 1470. The van der Waals surface area contributed by atoms with Crippen molar-refractivity contribution in [3.63, 3.8) is 0 Å². The van der Waals surface area contributed by atoms with Crippen molar-refractivity contribution >= 4 is 16.8 Å². The molecule has 1 amide bonds. The molecule has 0 saturated carbocycles. The van der Waals surface area contributed by atoms with Gasteiger partial charge in [-0.3, -0.25) is 4.79 Å². The number of carbonyl (C=O) groups is 1. The lowest BCUT2D eigenvalue weighted by Gasteiger charge is -2.20. The number of aryl methyl sites for hydroxylation is 1. The van der Waals surface area contributed by atoms with E-state index in [1.165, 1.54) is 27.6 Å². The van der Waals surface area contributed by atoms with Crippen molar-refractivity contribution in [1.82, 2.24) is 9.88 Å². The van der Waals surface area contributed by atoms with Crippen molar-refractivity contribution in [2.24, 2.45) is 0 Å². The molecule has 198 valence electrons. The van der Waals surface area contributed by atoms with Gasteiger partial charge in [-0.15, -0.1) is 0 Å². The molecule has 4 aromatic carbocycles. The van der Waals surface area contributed by atoms with E-state index in [0.29, 0.717) is 13.0 Å². The molecule has 5 rings (SSSR count). The van der Waals surface area contributed by atoms with E-state index < -0.39 is 0 Å². The Morgan fingerprint density at radius 3 is 2.10 bits per heavy atom. The van der Waals surface area contributed by atoms with Crippen LogP contribution in [0.4, 0.5) is 0 Å². The number of hydrogen-bond acceptors (Lipinski definition) is 2. The highest BCUT2D eigenvalue weighted by atomic mass is 16.5. The van der Waals surface area contributed by atoms with Gasteiger partial charge in [0, 0.05) is 48.4 Å². The van der Waals surface area contributed by atoms with Crippen molar-refractivity contribution in [3.8, 4) is 5.75 Å². The molecule has 0 saturated heterocycles. The van der Waals surface area contributed by atoms with E-state index in [-0.39, 0.29) is 17.7 Å². The van der Waals surface area contributed by atoms with Gasteiger partial charge in [0.2, 0.25) is 5.91 Å². The van der Waals surface area contributed by atoms with Crippen molar-refractivity contribution in [2.45, 2.75) is 38.1 Å². The first kappa shape index (κ1) is 26.3. The van der Waals surface area contributed by atoms with Crippen molar-refractivity contribution in [2.75, 3.05) is 13.7 Å². The van der Waals surface area contributed by atoms with Crippen LogP contribution in [0.5, 0.6) is 5.75 Å². The van der Waals surface area contributed by atoms with Crippen LogP contribution in [-0.4, -0.2) is 24.1 Å². The van der Waals surface area contributed by atoms with E-state index in [1.807, 2.05) is 24.3 Å². The third-order valence-corrected chi connectivity index (χ3v) is 7.58. The highest BCUT2D eigenvalue weighted by molar-refractivity contribution is 5.86. The van der Waals surface area contributed by atoms with Gasteiger partial charge in [0.1, 0.15) is 5.75 Å². The molecule has 1 aromatic heterocycles. The molecule has 1 unspecified atom stereocenters. The lowest BCUT2D eigenvalue weighted by atomic mass is 9.87. The molecular formula is C35H36N2O2. The Balaban J connectivity index is 1.37. The van der Waals surface area contributed by atoms with E-state index in [4.69, 9.17) is 4.74 Å². The van der Waals surface area contributed by atoms with Gasteiger partial charge in [-0.2, -0.15) is 0 Å². The van der Waals surface area contributed by atoms with Gasteiger partial charge >= 0.3 is 0 Å². The molecule has 0 bridgehead atoms. The minimum absolute atomic E-state index is 0.0519. The number of hydrogen-bond donors (Lipinski definition) is 1. The van der Waals surface area contributed by atoms with Crippen LogP contribution in [0.15, 0.2) is 115 Å². The van der Waals surface area contributed by atoms with Gasteiger partial charge in [-0.25, -0.2) is 0 Å². The van der Waals surface area contributed by atoms with Crippen LogP contribution in [0.3, 0.4) is 0 Å². The SMILES string of the molecule is CCn1cc(C(CC(=O)NCCC(c2ccccc2)c2ccccc2)c2cccc(OC)c2)c2ccccc21. The summed E-state index contributed by atoms with van der Waals surface area (Å²) in [5, 5.41) is 4.43. The van der Waals surface area contributed by atoms with E-state index in [1.54, 1.807) is 7.11 Å². The number of nitrogens with zero attached hydrogens (tertiary/aromatic N) is 1.